The lowest BCUT2D eigenvalue weighted by Gasteiger charge is -2.35. The van der Waals surface area contributed by atoms with Gasteiger partial charge >= 0.3 is 0 Å². The smallest absolute Gasteiger partial charge is 0.248 e. The van der Waals surface area contributed by atoms with Crippen LogP contribution in [-0.4, -0.2) is 84.4 Å². The molecule has 3 N–H and O–H groups in total. The van der Waals surface area contributed by atoms with E-state index in [0.29, 0.717) is 12.8 Å². The molecular formula is C21H40N4O5. The van der Waals surface area contributed by atoms with E-state index in [-0.39, 0.29) is 30.1 Å². The van der Waals surface area contributed by atoms with Crippen molar-refractivity contribution >= 4 is 23.6 Å². The quantitative estimate of drug-likeness (QED) is 0.415. The summed E-state index contributed by atoms with van der Waals surface area (Å²) in [5.74, 6) is -1.57. The number of hydrogen-bond acceptors (Lipinski definition) is 5. The first-order valence-electron chi connectivity index (χ1n) is 10.6. The molecule has 3 atom stereocenters. The van der Waals surface area contributed by atoms with Crippen LogP contribution in [0.4, 0.5) is 0 Å². The number of rotatable bonds is 12. The second-order valence-electron chi connectivity index (χ2n) is 8.39. The predicted molar refractivity (Wildman–Crippen MR) is 115 cm³/mol. The Morgan fingerprint density at radius 1 is 0.933 bits per heavy atom. The molecule has 0 rings (SSSR count). The first kappa shape index (κ1) is 27.8. The Bertz CT molecular complexity index is 594. The molecule has 0 bridgehead atoms. The zero-order valence-electron chi connectivity index (χ0n) is 19.7. The van der Waals surface area contributed by atoms with Gasteiger partial charge in [-0.2, -0.15) is 0 Å². The molecule has 174 valence electrons. The zero-order chi connectivity index (χ0) is 23.6. The fourth-order valence-electron chi connectivity index (χ4n) is 3.15. The summed E-state index contributed by atoms with van der Waals surface area (Å²) in [4.78, 5) is 53.0. The average Bonchev–Trinajstić information content (AvgIpc) is 2.68. The van der Waals surface area contributed by atoms with Crippen LogP contribution < -0.4 is 10.6 Å². The molecule has 0 aliphatic heterocycles. The summed E-state index contributed by atoms with van der Waals surface area (Å²) in [5.41, 5.74) is 0. The van der Waals surface area contributed by atoms with Crippen molar-refractivity contribution in [2.45, 2.75) is 72.0 Å². The van der Waals surface area contributed by atoms with Crippen LogP contribution in [0.15, 0.2) is 0 Å². The summed E-state index contributed by atoms with van der Waals surface area (Å²) in [6, 6.07) is -2.65. The minimum atomic E-state index is -1.07. The van der Waals surface area contributed by atoms with Gasteiger partial charge in [-0.05, 0) is 24.7 Å². The van der Waals surface area contributed by atoms with Crippen molar-refractivity contribution in [2.24, 2.45) is 11.8 Å². The largest absolute Gasteiger partial charge is 0.394 e. The normalized spacial score (nSPS) is 14.1. The number of amides is 4. The number of nitrogens with one attached hydrogen (secondary N) is 2. The van der Waals surface area contributed by atoms with Crippen LogP contribution in [0.1, 0.15) is 53.9 Å². The highest BCUT2D eigenvalue weighted by Crippen LogP contribution is 2.15. The van der Waals surface area contributed by atoms with Crippen molar-refractivity contribution in [1.29, 1.82) is 0 Å². The summed E-state index contributed by atoms with van der Waals surface area (Å²) in [6.45, 7) is 8.81. The van der Waals surface area contributed by atoms with Crippen molar-refractivity contribution in [3.05, 3.63) is 0 Å². The van der Waals surface area contributed by atoms with Crippen LogP contribution in [0.2, 0.25) is 0 Å². The lowest BCUT2D eigenvalue weighted by atomic mass is 9.98. The minimum Gasteiger partial charge on any atom is -0.394 e. The highest BCUT2D eigenvalue weighted by molar-refractivity contribution is 5.94. The van der Waals surface area contributed by atoms with Crippen LogP contribution in [-0.2, 0) is 19.2 Å². The molecule has 0 saturated heterocycles. The molecule has 9 heteroatoms. The molecule has 9 nitrogen and oxygen atoms in total. The van der Waals surface area contributed by atoms with E-state index in [9.17, 15) is 24.3 Å². The highest BCUT2D eigenvalue weighted by atomic mass is 16.3. The topological polar surface area (TPSA) is 119 Å². The Morgan fingerprint density at radius 2 is 1.50 bits per heavy atom. The first-order valence-corrected chi connectivity index (χ1v) is 10.6. The number of aliphatic hydroxyl groups excluding tert-OH is 1. The molecule has 0 heterocycles. The molecule has 0 aliphatic rings. The molecule has 0 aromatic heterocycles. The van der Waals surface area contributed by atoms with Crippen molar-refractivity contribution in [3.63, 3.8) is 0 Å². The maximum Gasteiger partial charge on any atom is 0.248 e. The molecule has 30 heavy (non-hydrogen) atoms. The maximum atomic E-state index is 13.1. The Balaban J connectivity index is 5.67. The van der Waals surface area contributed by atoms with Crippen molar-refractivity contribution in [1.82, 2.24) is 20.4 Å². The maximum absolute atomic E-state index is 13.1. The SMILES string of the molecule is CCCC(=O)N(C)[C@H](CO)C(=O)N(C)[C@@H](CC(C)C)C(=O)N[C@H](C(=O)NC)C(C)C. The predicted octanol–water partition coefficient (Wildman–Crippen LogP) is 0.366. The summed E-state index contributed by atoms with van der Waals surface area (Å²) in [5, 5.41) is 15.1. The van der Waals surface area contributed by atoms with Gasteiger partial charge in [0.05, 0.1) is 6.61 Å². The third-order valence-corrected chi connectivity index (χ3v) is 5.09. The summed E-state index contributed by atoms with van der Waals surface area (Å²) in [6.07, 6.45) is 1.26. The lowest BCUT2D eigenvalue weighted by molar-refractivity contribution is -0.149. The van der Waals surface area contributed by atoms with Crippen molar-refractivity contribution in [2.75, 3.05) is 27.7 Å². The van der Waals surface area contributed by atoms with E-state index in [1.165, 1.54) is 30.9 Å². The number of carbonyl (C=O) groups is 4. The van der Waals surface area contributed by atoms with Gasteiger partial charge in [0.15, 0.2) is 0 Å². The standard InChI is InChI=1S/C21H40N4O5/c1-9-10-17(27)24(7)16(12-26)21(30)25(8)15(11-13(2)3)19(28)23-18(14(4)5)20(29)22-6/h13-16,18,26H,9-12H2,1-8H3,(H,22,29)(H,23,28)/t15-,16+,18-/m0/s1. The fraction of sp³-hybridized carbons (Fsp3) is 0.810. The van der Waals surface area contributed by atoms with E-state index < -0.39 is 36.5 Å². The first-order chi connectivity index (χ1) is 13.9. The summed E-state index contributed by atoms with van der Waals surface area (Å²) in [7, 11) is 4.46. The van der Waals surface area contributed by atoms with Gasteiger partial charge in [-0.3, -0.25) is 19.2 Å². The van der Waals surface area contributed by atoms with Gasteiger partial charge < -0.3 is 25.5 Å². The molecule has 4 amide bonds. The average molecular weight is 429 g/mol. The van der Waals surface area contributed by atoms with Crippen molar-refractivity contribution < 1.29 is 24.3 Å². The van der Waals surface area contributed by atoms with E-state index in [1.807, 2.05) is 34.6 Å². The minimum absolute atomic E-state index is 0.0977. The molecule has 0 aromatic rings. The second-order valence-corrected chi connectivity index (χ2v) is 8.39. The number of hydrogen-bond donors (Lipinski definition) is 3. The Kier molecular flexibility index (Phi) is 12.3. The lowest BCUT2D eigenvalue weighted by Crippen LogP contribution is -2.58. The Labute approximate surface area is 180 Å². The molecule has 0 fully saturated rings. The zero-order valence-corrected chi connectivity index (χ0v) is 19.7. The van der Waals surface area contributed by atoms with Gasteiger partial charge in [0.25, 0.3) is 0 Å². The van der Waals surface area contributed by atoms with Crippen LogP contribution in [0.5, 0.6) is 0 Å². The molecule has 0 unspecified atom stereocenters. The third kappa shape index (κ3) is 7.93. The fourth-order valence-corrected chi connectivity index (χ4v) is 3.15. The molecule has 0 aliphatic carbocycles. The van der Waals surface area contributed by atoms with Crippen LogP contribution in [0.25, 0.3) is 0 Å². The Hall–Kier alpha value is -2.16. The highest BCUT2D eigenvalue weighted by Gasteiger charge is 2.36. The van der Waals surface area contributed by atoms with Crippen molar-refractivity contribution in [3.8, 4) is 0 Å². The van der Waals surface area contributed by atoms with Gasteiger partial charge in [-0.25, -0.2) is 0 Å². The second kappa shape index (κ2) is 13.2. The third-order valence-electron chi connectivity index (χ3n) is 5.09. The van der Waals surface area contributed by atoms with Crippen LogP contribution in [0, 0.1) is 11.8 Å². The van der Waals surface area contributed by atoms with E-state index in [4.69, 9.17) is 0 Å². The summed E-state index contributed by atoms with van der Waals surface area (Å²) < 4.78 is 0. The van der Waals surface area contributed by atoms with Gasteiger partial charge in [0.2, 0.25) is 23.6 Å². The molecule has 0 saturated carbocycles. The molecule has 0 radical (unpaired) electrons. The number of nitrogens with zero attached hydrogens (tertiary/aromatic N) is 2. The molecule has 0 spiro atoms. The monoisotopic (exact) mass is 428 g/mol. The molecule has 0 aromatic carbocycles. The Morgan fingerprint density at radius 3 is 1.90 bits per heavy atom. The number of likely N-dealkylation sites (N-methyl/N-ethyl adjacent to an activating group) is 3. The summed E-state index contributed by atoms with van der Waals surface area (Å²) >= 11 is 0. The van der Waals surface area contributed by atoms with Gasteiger partial charge in [0, 0.05) is 27.6 Å². The number of aliphatic hydroxyl groups is 1. The van der Waals surface area contributed by atoms with Gasteiger partial charge in [0.1, 0.15) is 18.1 Å². The van der Waals surface area contributed by atoms with E-state index in [1.54, 1.807) is 0 Å². The molecular weight excluding hydrogens is 388 g/mol. The van der Waals surface area contributed by atoms with Crippen LogP contribution >= 0.6 is 0 Å². The van der Waals surface area contributed by atoms with Gasteiger partial charge in [-0.15, -0.1) is 0 Å². The van der Waals surface area contributed by atoms with E-state index in [2.05, 4.69) is 10.6 Å². The van der Waals surface area contributed by atoms with Crippen LogP contribution in [0.3, 0.4) is 0 Å². The number of carbonyl (C=O) groups excluding carboxylic acids is 4. The van der Waals surface area contributed by atoms with E-state index >= 15 is 0 Å². The van der Waals surface area contributed by atoms with Gasteiger partial charge in [-0.1, -0.05) is 34.6 Å². The van der Waals surface area contributed by atoms with E-state index in [0.717, 1.165) is 0 Å².